The molecule has 1 aliphatic rings. The second-order valence-electron chi connectivity index (χ2n) is 5.33. The second-order valence-corrected chi connectivity index (χ2v) is 7.81. The smallest absolute Gasteiger partial charge is 0.151 e. The van der Waals surface area contributed by atoms with Crippen LogP contribution in [0.15, 0.2) is 24.3 Å². The van der Waals surface area contributed by atoms with E-state index in [0.717, 1.165) is 18.6 Å². The highest BCUT2D eigenvalue weighted by molar-refractivity contribution is 7.91. The van der Waals surface area contributed by atoms with Crippen molar-refractivity contribution in [2.24, 2.45) is 0 Å². The Labute approximate surface area is 121 Å². The number of rotatable bonds is 7. The Bertz CT molecular complexity index is 536. The summed E-state index contributed by atoms with van der Waals surface area (Å²) >= 11 is 0. The Morgan fingerprint density at radius 3 is 2.75 bits per heavy atom. The standard InChI is InChI=1S/C15H23NO3S/c1-3-20(17,18)8-7-16-14-9-13(10-14)12-5-4-6-15(11-12)19-2/h4-6,11,13-14,16H,3,7-10H2,1-2H3. The van der Waals surface area contributed by atoms with Crippen molar-refractivity contribution in [2.45, 2.75) is 31.7 Å². The van der Waals surface area contributed by atoms with Crippen LogP contribution in [0.25, 0.3) is 0 Å². The summed E-state index contributed by atoms with van der Waals surface area (Å²) in [6.45, 7) is 2.25. The maximum atomic E-state index is 11.4. The lowest BCUT2D eigenvalue weighted by Gasteiger charge is -2.36. The summed E-state index contributed by atoms with van der Waals surface area (Å²) in [6.07, 6.45) is 2.14. The van der Waals surface area contributed by atoms with Crippen molar-refractivity contribution in [1.82, 2.24) is 5.32 Å². The lowest BCUT2D eigenvalue weighted by atomic mass is 9.76. The van der Waals surface area contributed by atoms with Gasteiger partial charge in [0.1, 0.15) is 5.75 Å². The van der Waals surface area contributed by atoms with Crippen LogP contribution in [0.2, 0.25) is 0 Å². The van der Waals surface area contributed by atoms with Crippen LogP contribution < -0.4 is 10.1 Å². The number of benzene rings is 1. The molecule has 0 unspecified atom stereocenters. The molecule has 0 amide bonds. The van der Waals surface area contributed by atoms with Crippen LogP contribution in [0.4, 0.5) is 0 Å². The van der Waals surface area contributed by atoms with Crippen LogP contribution >= 0.6 is 0 Å². The van der Waals surface area contributed by atoms with Crippen molar-refractivity contribution in [3.8, 4) is 5.75 Å². The van der Waals surface area contributed by atoms with Crippen LogP contribution in [0.1, 0.15) is 31.2 Å². The third-order valence-electron chi connectivity index (χ3n) is 3.99. The molecule has 0 aromatic heterocycles. The maximum absolute atomic E-state index is 11.4. The molecule has 4 nitrogen and oxygen atoms in total. The largest absolute Gasteiger partial charge is 0.497 e. The average molecular weight is 297 g/mol. The predicted octanol–water partition coefficient (Wildman–Crippen LogP) is 1.97. The fourth-order valence-electron chi connectivity index (χ4n) is 2.52. The van der Waals surface area contributed by atoms with Gasteiger partial charge in [-0.1, -0.05) is 19.1 Å². The summed E-state index contributed by atoms with van der Waals surface area (Å²) in [4.78, 5) is 0. The summed E-state index contributed by atoms with van der Waals surface area (Å²) in [6, 6.07) is 8.63. The molecule has 0 radical (unpaired) electrons. The minimum Gasteiger partial charge on any atom is -0.497 e. The lowest BCUT2D eigenvalue weighted by Crippen LogP contribution is -2.42. The first-order valence-electron chi connectivity index (χ1n) is 7.12. The number of sulfone groups is 1. The Morgan fingerprint density at radius 1 is 1.35 bits per heavy atom. The summed E-state index contributed by atoms with van der Waals surface area (Å²) < 4.78 is 28.0. The SMILES string of the molecule is CCS(=O)(=O)CCNC1CC(c2cccc(OC)c2)C1. The van der Waals surface area contributed by atoms with Crippen LogP contribution in [0.3, 0.4) is 0 Å². The van der Waals surface area contributed by atoms with Gasteiger partial charge in [-0.15, -0.1) is 0 Å². The zero-order valence-electron chi connectivity index (χ0n) is 12.1. The van der Waals surface area contributed by atoms with E-state index in [1.165, 1.54) is 5.56 Å². The van der Waals surface area contributed by atoms with Gasteiger partial charge in [0.2, 0.25) is 0 Å². The maximum Gasteiger partial charge on any atom is 0.151 e. The number of methoxy groups -OCH3 is 1. The lowest BCUT2D eigenvalue weighted by molar-refractivity contribution is 0.295. The highest BCUT2D eigenvalue weighted by atomic mass is 32.2. The number of hydrogen-bond acceptors (Lipinski definition) is 4. The average Bonchev–Trinajstić information content (AvgIpc) is 2.41. The van der Waals surface area contributed by atoms with Crippen molar-refractivity contribution in [3.05, 3.63) is 29.8 Å². The minimum atomic E-state index is -2.85. The molecule has 0 saturated heterocycles. The van der Waals surface area contributed by atoms with E-state index in [1.54, 1.807) is 14.0 Å². The Balaban J connectivity index is 1.74. The zero-order chi connectivity index (χ0) is 14.6. The molecule has 1 aromatic carbocycles. The molecule has 112 valence electrons. The molecular formula is C15H23NO3S. The number of hydrogen-bond donors (Lipinski definition) is 1. The van der Waals surface area contributed by atoms with Crippen molar-refractivity contribution in [1.29, 1.82) is 0 Å². The third-order valence-corrected chi connectivity index (χ3v) is 5.69. The fraction of sp³-hybridized carbons (Fsp3) is 0.600. The van der Waals surface area contributed by atoms with Gasteiger partial charge < -0.3 is 10.1 Å². The molecule has 1 N–H and O–H groups in total. The van der Waals surface area contributed by atoms with E-state index in [0.29, 0.717) is 18.5 Å². The topological polar surface area (TPSA) is 55.4 Å². The van der Waals surface area contributed by atoms with Gasteiger partial charge in [0.05, 0.1) is 12.9 Å². The van der Waals surface area contributed by atoms with Crippen LogP contribution in [0, 0.1) is 0 Å². The van der Waals surface area contributed by atoms with Gasteiger partial charge >= 0.3 is 0 Å². The molecule has 0 atom stereocenters. The van der Waals surface area contributed by atoms with Gasteiger partial charge in [0.25, 0.3) is 0 Å². The molecule has 1 aromatic rings. The van der Waals surface area contributed by atoms with Crippen molar-refractivity contribution in [3.63, 3.8) is 0 Å². The molecule has 1 aliphatic carbocycles. The molecule has 0 spiro atoms. The third kappa shape index (κ3) is 3.96. The molecular weight excluding hydrogens is 274 g/mol. The molecule has 1 saturated carbocycles. The van der Waals surface area contributed by atoms with Gasteiger partial charge in [-0.2, -0.15) is 0 Å². The van der Waals surface area contributed by atoms with Gasteiger partial charge in [-0.25, -0.2) is 8.42 Å². The molecule has 2 rings (SSSR count). The van der Waals surface area contributed by atoms with Crippen LogP contribution in [-0.4, -0.2) is 39.6 Å². The molecule has 0 bridgehead atoms. The summed E-state index contributed by atoms with van der Waals surface area (Å²) in [5.74, 6) is 1.92. The van der Waals surface area contributed by atoms with Crippen LogP contribution in [-0.2, 0) is 9.84 Å². The number of nitrogens with one attached hydrogen (secondary N) is 1. The predicted molar refractivity (Wildman–Crippen MR) is 81.1 cm³/mol. The summed E-state index contributed by atoms with van der Waals surface area (Å²) in [5, 5.41) is 3.33. The molecule has 0 heterocycles. The van der Waals surface area contributed by atoms with Crippen molar-refractivity contribution < 1.29 is 13.2 Å². The first-order chi connectivity index (χ1) is 9.54. The highest BCUT2D eigenvalue weighted by Gasteiger charge is 2.30. The quantitative estimate of drug-likeness (QED) is 0.836. The first-order valence-corrected chi connectivity index (χ1v) is 8.94. The highest BCUT2D eigenvalue weighted by Crippen LogP contribution is 2.37. The van der Waals surface area contributed by atoms with Crippen molar-refractivity contribution in [2.75, 3.05) is 25.2 Å². The van der Waals surface area contributed by atoms with E-state index in [1.807, 2.05) is 12.1 Å². The Kier molecular flexibility index (Phi) is 5.05. The minimum absolute atomic E-state index is 0.228. The summed E-state index contributed by atoms with van der Waals surface area (Å²) in [7, 11) is -1.17. The normalized spacial score (nSPS) is 22.3. The second kappa shape index (κ2) is 6.59. The van der Waals surface area contributed by atoms with Crippen LogP contribution in [0.5, 0.6) is 5.75 Å². The molecule has 0 aliphatic heterocycles. The van der Waals surface area contributed by atoms with E-state index in [4.69, 9.17) is 4.74 Å². The van der Waals surface area contributed by atoms with E-state index in [-0.39, 0.29) is 11.5 Å². The first kappa shape index (κ1) is 15.3. The van der Waals surface area contributed by atoms with E-state index in [2.05, 4.69) is 17.4 Å². The van der Waals surface area contributed by atoms with Gasteiger partial charge in [0, 0.05) is 18.3 Å². The number of ether oxygens (including phenoxy) is 1. The van der Waals surface area contributed by atoms with E-state index < -0.39 is 9.84 Å². The molecule has 1 fully saturated rings. The fourth-order valence-corrected chi connectivity index (χ4v) is 3.23. The monoisotopic (exact) mass is 297 g/mol. The van der Waals surface area contributed by atoms with Gasteiger partial charge in [-0.3, -0.25) is 0 Å². The molecule has 20 heavy (non-hydrogen) atoms. The Morgan fingerprint density at radius 2 is 2.10 bits per heavy atom. The van der Waals surface area contributed by atoms with E-state index in [9.17, 15) is 8.42 Å². The van der Waals surface area contributed by atoms with E-state index >= 15 is 0 Å². The zero-order valence-corrected chi connectivity index (χ0v) is 12.9. The van der Waals surface area contributed by atoms with Gasteiger partial charge in [-0.05, 0) is 36.5 Å². The summed E-state index contributed by atoms with van der Waals surface area (Å²) in [5.41, 5.74) is 1.31. The van der Waals surface area contributed by atoms with Gasteiger partial charge in [0.15, 0.2) is 9.84 Å². The Hall–Kier alpha value is -1.07. The van der Waals surface area contributed by atoms with Crippen molar-refractivity contribution >= 4 is 9.84 Å². The molecule has 5 heteroatoms.